The summed E-state index contributed by atoms with van der Waals surface area (Å²) in [5, 5.41) is 0. The van der Waals surface area contributed by atoms with Crippen molar-refractivity contribution in [1.82, 2.24) is 0 Å². The van der Waals surface area contributed by atoms with Gasteiger partial charge in [-0.2, -0.15) is 0 Å². The molecular formula is C17H20N2O4. The van der Waals surface area contributed by atoms with Crippen LogP contribution in [0.3, 0.4) is 0 Å². The van der Waals surface area contributed by atoms with Gasteiger partial charge in [0.15, 0.2) is 0 Å². The Balaban J connectivity index is 0.000000463. The minimum atomic E-state index is -0.474. The van der Waals surface area contributed by atoms with Crippen molar-refractivity contribution in [3.05, 3.63) is 53.6 Å². The highest BCUT2D eigenvalue weighted by molar-refractivity contribution is 5.93. The number of carbonyl (C=O) groups is 2. The van der Waals surface area contributed by atoms with Gasteiger partial charge in [-0.15, -0.1) is 0 Å². The molecule has 4 N–H and O–H groups in total. The number of ether oxygens (including phenoxy) is 2. The van der Waals surface area contributed by atoms with Crippen molar-refractivity contribution in [3.63, 3.8) is 0 Å². The molecule has 0 aliphatic heterocycles. The van der Waals surface area contributed by atoms with Crippen LogP contribution in [0.15, 0.2) is 42.5 Å². The number of nitrogen functional groups attached to an aromatic ring is 2. The summed E-state index contributed by atoms with van der Waals surface area (Å²) in [7, 11) is 0. The van der Waals surface area contributed by atoms with E-state index in [1.165, 1.54) is 12.1 Å². The predicted molar refractivity (Wildman–Crippen MR) is 89.1 cm³/mol. The summed E-state index contributed by atoms with van der Waals surface area (Å²) in [5.41, 5.74) is 13.6. The molecule has 6 heteroatoms. The van der Waals surface area contributed by atoms with Gasteiger partial charge in [-0.05, 0) is 44.2 Å². The number of aryl methyl sites for hydroxylation is 1. The standard InChI is InChI=1S/C14H14N2O2.C3H6O2/c1-9-2-4-13(5-3-9)18-14(17)10-6-11(15)8-12(16)7-10;1-2-5-3-4/h2-8H,15-16H2,1H3;3H,2H2,1H3. The Morgan fingerprint density at radius 1 is 1.09 bits per heavy atom. The summed E-state index contributed by atoms with van der Waals surface area (Å²) in [4.78, 5) is 21.1. The molecule has 6 nitrogen and oxygen atoms in total. The Kier molecular flexibility index (Phi) is 7.13. The summed E-state index contributed by atoms with van der Waals surface area (Å²) >= 11 is 0. The average molecular weight is 316 g/mol. The van der Waals surface area contributed by atoms with Crippen molar-refractivity contribution in [3.8, 4) is 5.75 Å². The Bertz CT molecular complexity index is 634. The number of hydrogen-bond donors (Lipinski definition) is 2. The smallest absolute Gasteiger partial charge is 0.343 e. The lowest BCUT2D eigenvalue weighted by Crippen LogP contribution is -2.09. The second-order valence-corrected chi connectivity index (χ2v) is 4.64. The Labute approximate surface area is 135 Å². The third-order valence-electron chi connectivity index (χ3n) is 2.68. The number of carbonyl (C=O) groups excluding carboxylic acids is 2. The second kappa shape index (κ2) is 9.09. The fraction of sp³-hybridized carbons (Fsp3) is 0.176. The molecule has 0 bridgehead atoms. The van der Waals surface area contributed by atoms with E-state index in [1.54, 1.807) is 25.1 Å². The Morgan fingerprint density at radius 3 is 2.09 bits per heavy atom. The fourth-order valence-corrected chi connectivity index (χ4v) is 1.63. The minimum absolute atomic E-state index is 0.341. The second-order valence-electron chi connectivity index (χ2n) is 4.64. The van der Waals surface area contributed by atoms with E-state index in [0.29, 0.717) is 35.8 Å². The molecule has 0 heterocycles. The van der Waals surface area contributed by atoms with Gasteiger partial charge in [-0.25, -0.2) is 4.79 Å². The van der Waals surface area contributed by atoms with Gasteiger partial charge in [0, 0.05) is 11.4 Å². The van der Waals surface area contributed by atoms with E-state index in [2.05, 4.69) is 4.74 Å². The molecule has 0 atom stereocenters. The summed E-state index contributed by atoms with van der Waals surface area (Å²) in [5.74, 6) is 0.0180. The molecular weight excluding hydrogens is 296 g/mol. The normalized spacial score (nSPS) is 9.30. The van der Waals surface area contributed by atoms with E-state index in [9.17, 15) is 9.59 Å². The maximum atomic E-state index is 11.9. The highest BCUT2D eigenvalue weighted by Crippen LogP contribution is 2.17. The van der Waals surface area contributed by atoms with Crippen LogP contribution in [-0.2, 0) is 9.53 Å². The average Bonchev–Trinajstić information content (AvgIpc) is 2.50. The SMILES string of the molecule is CCOC=O.Cc1ccc(OC(=O)c2cc(N)cc(N)c2)cc1. The van der Waals surface area contributed by atoms with Crippen LogP contribution < -0.4 is 16.2 Å². The lowest BCUT2D eigenvalue weighted by atomic mass is 10.2. The van der Waals surface area contributed by atoms with E-state index < -0.39 is 5.97 Å². The van der Waals surface area contributed by atoms with Gasteiger partial charge in [-0.3, -0.25) is 4.79 Å². The van der Waals surface area contributed by atoms with E-state index >= 15 is 0 Å². The van der Waals surface area contributed by atoms with E-state index in [1.807, 2.05) is 19.1 Å². The summed E-state index contributed by atoms with van der Waals surface area (Å²) in [6, 6.07) is 11.9. The first-order valence-corrected chi connectivity index (χ1v) is 6.96. The third-order valence-corrected chi connectivity index (χ3v) is 2.68. The highest BCUT2D eigenvalue weighted by Gasteiger charge is 2.09. The maximum Gasteiger partial charge on any atom is 0.343 e. The summed E-state index contributed by atoms with van der Waals surface area (Å²) in [6.07, 6.45) is 0. The number of anilines is 2. The van der Waals surface area contributed by atoms with Crippen molar-refractivity contribution in [2.45, 2.75) is 13.8 Å². The fourth-order valence-electron chi connectivity index (χ4n) is 1.63. The minimum Gasteiger partial charge on any atom is -0.468 e. The molecule has 0 saturated heterocycles. The van der Waals surface area contributed by atoms with Crippen molar-refractivity contribution in [2.75, 3.05) is 18.1 Å². The number of esters is 1. The molecule has 0 unspecified atom stereocenters. The van der Waals surface area contributed by atoms with Crippen molar-refractivity contribution in [1.29, 1.82) is 0 Å². The Morgan fingerprint density at radius 2 is 1.65 bits per heavy atom. The molecule has 122 valence electrons. The van der Waals surface area contributed by atoms with Crippen LogP contribution in [0.1, 0.15) is 22.8 Å². The van der Waals surface area contributed by atoms with Gasteiger partial charge < -0.3 is 20.9 Å². The first kappa shape index (κ1) is 18.0. The monoisotopic (exact) mass is 316 g/mol. The topological polar surface area (TPSA) is 105 Å². The lowest BCUT2D eigenvalue weighted by Gasteiger charge is -2.06. The number of benzene rings is 2. The summed E-state index contributed by atoms with van der Waals surface area (Å²) in [6.45, 7) is 4.63. The number of rotatable bonds is 4. The van der Waals surface area contributed by atoms with Gasteiger partial charge in [0.1, 0.15) is 5.75 Å². The third kappa shape index (κ3) is 6.52. The molecule has 0 amide bonds. The zero-order valence-corrected chi connectivity index (χ0v) is 13.1. The van der Waals surface area contributed by atoms with Crippen LogP contribution in [0.5, 0.6) is 5.75 Å². The molecule has 0 spiro atoms. The molecule has 2 rings (SSSR count). The van der Waals surface area contributed by atoms with Crippen LogP contribution in [0.2, 0.25) is 0 Å². The van der Waals surface area contributed by atoms with Gasteiger partial charge in [0.2, 0.25) is 0 Å². The highest BCUT2D eigenvalue weighted by atomic mass is 16.5. The quantitative estimate of drug-likeness (QED) is 0.389. The van der Waals surface area contributed by atoms with Crippen LogP contribution in [0.4, 0.5) is 11.4 Å². The van der Waals surface area contributed by atoms with E-state index in [0.717, 1.165) is 5.56 Å². The molecule has 0 aliphatic rings. The van der Waals surface area contributed by atoms with E-state index in [4.69, 9.17) is 16.2 Å². The van der Waals surface area contributed by atoms with Crippen molar-refractivity contribution in [2.24, 2.45) is 0 Å². The van der Waals surface area contributed by atoms with Crippen LogP contribution in [0, 0.1) is 6.92 Å². The van der Waals surface area contributed by atoms with Gasteiger partial charge >= 0.3 is 5.97 Å². The molecule has 0 aliphatic carbocycles. The van der Waals surface area contributed by atoms with E-state index in [-0.39, 0.29) is 0 Å². The molecule has 0 aromatic heterocycles. The molecule has 23 heavy (non-hydrogen) atoms. The van der Waals surface area contributed by atoms with Gasteiger partial charge in [0.25, 0.3) is 6.47 Å². The van der Waals surface area contributed by atoms with Crippen LogP contribution in [0.25, 0.3) is 0 Å². The van der Waals surface area contributed by atoms with Crippen LogP contribution in [-0.4, -0.2) is 19.0 Å². The Hall–Kier alpha value is -3.02. The molecule has 0 fully saturated rings. The molecule has 2 aromatic carbocycles. The van der Waals surface area contributed by atoms with Crippen LogP contribution >= 0.6 is 0 Å². The van der Waals surface area contributed by atoms with Gasteiger partial charge in [-0.1, -0.05) is 17.7 Å². The summed E-state index contributed by atoms with van der Waals surface area (Å²) < 4.78 is 9.37. The largest absolute Gasteiger partial charge is 0.468 e. The predicted octanol–water partition coefficient (Wildman–Crippen LogP) is 2.56. The molecule has 2 aromatic rings. The first-order chi connectivity index (χ1) is 11.0. The van der Waals surface area contributed by atoms with Crippen molar-refractivity contribution >= 4 is 23.8 Å². The number of nitrogens with two attached hydrogens (primary N) is 2. The zero-order valence-electron chi connectivity index (χ0n) is 13.1. The first-order valence-electron chi connectivity index (χ1n) is 6.96. The number of hydrogen-bond acceptors (Lipinski definition) is 6. The molecule has 0 saturated carbocycles. The zero-order chi connectivity index (χ0) is 17.2. The van der Waals surface area contributed by atoms with Gasteiger partial charge in [0.05, 0.1) is 12.2 Å². The van der Waals surface area contributed by atoms with Crippen molar-refractivity contribution < 1.29 is 19.1 Å². The lowest BCUT2D eigenvalue weighted by molar-refractivity contribution is -0.128. The molecule has 0 radical (unpaired) electrons. The maximum absolute atomic E-state index is 11.9.